The van der Waals surface area contributed by atoms with Crippen LogP contribution in [0.15, 0.2) is 78.9 Å². The number of hydrogen-bond donors (Lipinski definition) is 1. The average molecular weight is 415 g/mol. The van der Waals surface area contributed by atoms with Gasteiger partial charge in [-0.1, -0.05) is 78.9 Å². The third-order valence-electron chi connectivity index (χ3n) is 6.30. The minimum atomic E-state index is -0.758. The number of benzene rings is 3. The molecule has 4 nitrogen and oxygen atoms in total. The van der Waals surface area contributed by atoms with Crippen LogP contribution in [0.5, 0.6) is 0 Å². The summed E-state index contributed by atoms with van der Waals surface area (Å²) in [5, 5.41) is 9.20. The van der Waals surface area contributed by atoms with Crippen molar-refractivity contribution in [3.05, 3.63) is 95.6 Å². The average Bonchev–Trinajstić information content (AvgIpc) is 2.77. The fourth-order valence-electron chi connectivity index (χ4n) is 4.66. The van der Waals surface area contributed by atoms with E-state index in [2.05, 4.69) is 103 Å². The zero-order chi connectivity index (χ0) is 21.8. The first-order chi connectivity index (χ1) is 15.0. The summed E-state index contributed by atoms with van der Waals surface area (Å²) in [5.74, 6) is -0.758. The quantitative estimate of drug-likeness (QED) is 0.627. The SMILES string of the molecule is Cc1ccccc1-c1ccc(C(c2ccccc2)N2CCN(CC(=O)O)[C@H](C)C2)cc1. The first-order valence-corrected chi connectivity index (χ1v) is 10.9. The van der Waals surface area contributed by atoms with E-state index in [1.54, 1.807) is 0 Å². The van der Waals surface area contributed by atoms with Crippen molar-refractivity contribution in [2.45, 2.75) is 25.9 Å². The van der Waals surface area contributed by atoms with Crippen molar-refractivity contribution < 1.29 is 9.90 Å². The summed E-state index contributed by atoms with van der Waals surface area (Å²) in [6, 6.07) is 28.4. The van der Waals surface area contributed by atoms with Crippen LogP contribution in [0.3, 0.4) is 0 Å². The molecule has 0 aromatic heterocycles. The Morgan fingerprint density at radius 3 is 2.23 bits per heavy atom. The molecule has 0 aliphatic carbocycles. The highest BCUT2D eigenvalue weighted by atomic mass is 16.4. The van der Waals surface area contributed by atoms with Crippen molar-refractivity contribution in [3.63, 3.8) is 0 Å². The third-order valence-corrected chi connectivity index (χ3v) is 6.30. The number of piperazine rings is 1. The topological polar surface area (TPSA) is 43.8 Å². The molecule has 1 unspecified atom stereocenters. The molecule has 31 heavy (non-hydrogen) atoms. The number of hydrogen-bond acceptors (Lipinski definition) is 3. The number of carboxylic acid groups (broad SMARTS) is 1. The summed E-state index contributed by atoms with van der Waals surface area (Å²) < 4.78 is 0. The molecule has 0 amide bonds. The number of aryl methyl sites for hydroxylation is 1. The summed E-state index contributed by atoms with van der Waals surface area (Å²) >= 11 is 0. The molecule has 1 saturated heterocycles. The van der Waals surface area contributed by atoms with E-state index in [4.69, 9.17) is 0 Å². The fourth-order valence-corrected chi connectivity index (χ4v) is 4.66. The summed E-state index contributed by atoms with van der Waals surface area (Å²) in [6.07, 6.45) is 0. The van der Waals surface area contributed by atoms with Crippen LogP contribution in [0, 0.1) is 6.92 Å². The Morgan fingerprint density at radius 1 is 0.935 bits per heavy atom. The summed E-state index contributed by atoms with van der Waals surface area (Å²) in [6.45, 7) is 6.82. The molecule has 3 aromatic carbocycles. The van der Waals surface area contributed by atoms with E-state index in [1.165, 1.54) is 27.8 Å². The lowest BCUT2D eigenvalue weighted by Gasteiger charge is -2.43. The van der Waals surface area contributed by atoms with E-state index in [0.717, 1.165) is 19.6 Å². The number of rotatable bonds is 6. The van der Waals surface area contributed by atoms with Gasteiger partial charge in [0.15, 0.2) is 0 Å². The minimum absolute atomic E-state index is 0.107. The molecule has 1 aliphatic heterocycles. The van der Waals surface area contributed by atoms with Gasteiger partial charge in [-0.05, 0) is 41.7 Å². The molecule has 0 saturated carbocycles. The van der Waals surface area contributed by atoms with Gasteiger partial charge in [-0.25, -0.2) is 0 Å². The standard InChI is InChI=1S/C27H30N2O2/c1-20-8-6-7-11-25(20)22-12-14-24(15-13-22)27(23-9-4-3-5-10-23)29-17-16-28(19-26(30)31)21(2)18-29/h3-15,21,27H,16-19H2,1-2H3,(H,30,31)/t21-,27?/m1/s1. The van der Waals surface area contributed by atoms with Gasteiger partial charge in [0.05, 0.1) is 12.6 Å². The predicted octanol–water partition coefficient (Wildman–Crippen LogP) is 4.84. The van der Waals surface area contributed by atoms with Gasteiger partial charge in [-0.3, -0.25) is 14.6 Å². The van der Waals surface area contributed by atoms with E-state index < -0.39 is 5.97 Å². The van der Waals surface area contributed by atoms with Crippen LogP contribution in [-0.2, 0) is 4.79 Å². The second kappa shape index (κ2) is 9.46. The minimum Gasteiger partial charge on any atom is -0.480 e. The highest BCUT2D eigenvalue weighted by Crippen LogP contribution is 2.32. The lowest BCUT2D eigenvalue weighted by molar-refractivity contribution is -0.139. The maximum atomic E-state index is 11.2. The molecular weight excluding hydrogens is 384 g/mol. The molecule has 1 N–H and O–H groups in total. The van der Waals surface area contributed by atoms with Crippen molar-refractivity contribution in [1.29, 1.82) is 0 Å². The van der Waals surface area contributed by atoms with Crippen molar-refractivity contribution >= 4 is 5.97 Å². The molecule has 1 aliphatic rings. The zero-order valence-electron chi connectivity index (χ0n) is 18.2. The van der Waals surface area contributed by atoms with E-state index in [9.17, 15) is 9.90 Å². The molecule has 4 heteroatoms. The second-order valence-electron chi connectivity index (χ2n) is 8.46. The first-order valence-electron chi connectivity index (χ1n) is 10.9. The van der Waals surface area contributed by atoms with Gasteiger partial charge >= 0.3 is 5.97 Å². The Kier molecular flexibility index (Phi) is 6.50. The number of carbonyl (C=O) groups is 1. The van der Waals surface area contributed by atoms with Crippen molar-refractivity contribution in [2.24, 2.45) is 0 Å². The van der Waals surface area contributed by atoms with Crippen LogP contribution >= 0.6 is 0 Å². The highest BCUT2D eigenvalue weighted by molar-refractivity contribution is 5.69. The normalized spacial score (nSPS) is 18.6. The van der Waals surface area contributed by atoms with Crippen molar-refractivity contribution in [1.82, 2.24) is 9.80 Å². The Morgan fingerprint density at radius 2 is 1.58 bits per heavy atom. The largest absolute Gasteiger partial charge is 0.480 e. The smallest absolute Gasteiger partial charge is 0.317 e. The molecule has 1 fully saturated rings. The van der Waals surface area contributed by atoms with E-state index in [1.807, 2.05) is 0 Å². The molecule has 3 aromatic rings. The lowest BCUT2D eigenvalue weighted by atomic mass is 9.93. The summed E-state index contributed by atoms with van der Waals surface area (Å²) in [5.41, 5.74) is 6.31. The van der Waals surface area contributed by atoms with Crippen LogP contribution in [0.2, 0.25) is 0 Å². The van der Waals surface area contributed by atoms with Crippen LogP contribution < -0.4 is 0 Å². The van der Waals surface area contributed by atoms with E-state index >= 15 is 0 Å². The predicted molar refractivity (Wildman–Crippen MR) is 125 cm³/mol. The highest BCUT2D eigenvalue weighted by Gasteiger charge is 2.31. The van der Waals surface area contributed by atoms with Crippen LogP contribution in [0.1, 0.15) is 29.7 Å². The van der Waals surface area contributed by atoms with Crippen molar-refractivity contribution in [3.8, 4) is 11.1 Å². The number of carboxylic acids is 1. The molecule has 0 spiro atoms. The molecule has 160 valence electrons. The second-order valence-corrected chi connectivity index (χ2v) is 8.46. The number of aliphatic carboxylic acids is 1. The van der Waals surface area contributed by atoms with E-state index in [-0.39, 0.29) is 18.6 Å². The molecule has 1 heterocycles. The van der Waals surface area contributed by atoms with Gasteiger partial charge in [0.2, 0.25) is 0 Å². The van der Waals surface area contributed by atoms with Gasteiger partial charge < -0.3 is 5.11 Å². The van der Waals surface area contributed by atoms with Gasteiger partial charge in [-0.15, -0.1) is 0 Å². The maximum Gasteiger partial charge on any atom is 0.317 e. The maximum absolute atomic E-state index is 11.2. The van der Waals surface area contributed by atoms with Crippen LogP contribution in [0.25, 0.3) is 11.1 Å². The Balaban J connectivity index is 1.62. The Hall–Kier alpha value is -2.95. The lowest BCUT2D eigenvalue weighted by Crippen LogP contribution is -2.54. The van der Waals surface area contributed by atoms with Gasteiger partial charge in [-0.2, -0.15) is 0 Å². The monoisotopic (exact) mass is 414 g/mol. The summed E-state index contributed by atoms with van der Waals surface area (Å²) in [7, 11) is 0. The molecule has 4 rings (SSSR count). The first kappa shape index (κ1) is 21.3. The van der Waals surface area contributed by atoms with Crippen LogP contribution in [0.4, 0.5) is 0 Å². The molecular formula is C27H30N2O2. The third kappa shape index (κ3) is 4.87. The van der Waals surface area contributed by atoms with Crippen molar-refractivity contribution in [2.75, 3.05) is 26.2 Å². The Labute approximate surface area is 184 Å². The fraction of sp³-hybridized carbons (Fsp3) is 0.296. The number of nitrogens with zero attached hydrogens (tertiary/aromatic N) is 2. The molecule has 2 atom stereocenters. The van der Waals surface area contributed by atoms with E-state index in [0.29, 0.717) is 0 Å². The van der Waals surface area contributed by atoms with Gasteiger partial charge in [0, 0.05) is 25.7 Å². The van der Waals surface area contributed by atoms with Gasteiger partial charge in [0.1, 0.15) is 0 Å². The zero-order valence-corrected chi connectivity index (χ0v) is 18.2. The summed E-state index contributed by atoms with van der Waals surface area (Å²) in [4.78, 5) is 15.7. The van der Waals surface area contributed by atoms with Crippen LogP contribution in [-0.4, -0.2) is 53.1 Å². The molecule has 0 bridgehead atoms. The Bertz CT molecular complexity index is 1020. The molecule has 0 radical (unpaired) electrons. The van der Waals surface area contributed by atoms with Gasteiger partial charge in [0.25, 0.3) is 0 Å².